The van der Waals surface area contributed by atoms with E-state index in [1.165, 1.54) is 12.4 Å². The topological polar surface area (TPSA) is 99.6 Å². The van der Waals surface area contributed by atoms with Crippen molar-refractivity contribution >= 4 is 16.9 Å². The maximum absolute atomic E-state index is 11.0. The van der Waals surface area contributed by atoms with Gasteiger partial charge in [-0.1, -0.05) is 0 Å². The van der Waals surface area contributed by atoms with Crippen LogP contribution in [0.25, 0.3) is 11.2 Å². The lowest BCUT2D eigenvalue weighted by Crippen LogP contribution is -2.12. The van der Waals surface area contributed by atoms with Crippen LogP contribution in [0.5, 0.6) is 0 Å². The number of nitrogen functional groups attached to an aromatic ring is 1. The molecule has 2 rings (SSSR count). The summed E-state index contributed by atoms with van der Waals surface area (Å²) in [7, 11) is 0. The summed E-state index contributed by atoms with van der Waals surface area (Å²) in [5.41, 5.74) is 3.89. The molecule has 0 saturated heterocycles. The number of nitrogens with two attached hydrogens (primary N) is 1. The number of nitrogens with one attached hydrogen (secondary N) is 3. The van der Waals surface area contributed by atoms with Crippen LogP contribution in [-0.2, 0) is 0 Å². The highest BCUT2D eigenvalue weighted by Gasteiger charge is 2.02. The van der Waals surface area contributed by atoms with Crippen molar-refractivity contribution in [2.75, 3.05) is 5.43 Å². The van der Waals surface area contributed by atoms with Crippen LogP contribution in [0.3, 0.4) is 0 Å². The number of anilines is 1. The average Bonchev–Trinajstić information content (AvgIpc) is 2.50. The smallest absolute Gasteiger partial charge is 0.251 e. The summed E-state index contributed by atoms with van der Waals surface area (Å²) in [6, 6.07) is 1.36. The Morgan fingerprint density at radius 1 is 1.58 bits per heavy atom. The summed E-state index contributed by atoms with van der Waals surface area (Å²) in [4.78, 5) is 20.2. The highest BCUT2D eigenvalue weighted by molar-refractivity contribution is 5.84. The Bertz CT molecular complexity index is 456. The molecule has 0 aliphatic rings. The fraction of sp³-hybridized carbons (Fsp3) is 0. The van der Waals surface area contributed by atoms with Crippen LogP contribution in [0.2, 0.25) is 0 Å². The van der Waals surface area contributed by atoms with Crippen molar-refractivity contribution in [1.82, 2.24) is 15.0 Å². The standard InChI is InChI=1S/C6H7N5O/c7-11-3-1-4(12)10-6-5(3)8-2-9-6/h1-2H,7H2,(H3,8,9,10,11,12). The molecule has 2 aromatic heterocycles. The van der Waals surface area contributed by atoms with Crippen LogP contribution in [0.4, 0.5) is 5.69 Å². The highest BCUT2D eigenvalue weighted by atomic mass is 16.1. The molecule has 6 heteroatoms. The normalized spacial score (nSPS) is 10.4. The average molecular weight is 165 g/mol. The molecule has 0 fully saturated rings. The number of aromatic nitrogens is 3. The zero-order chi connectivity index (χ0) is 8.55. The van der Waals surface area contributed by atoms with Crippen molar-refractivity contribution in [3.8, 4) is 0 Å². The van der Waals surface area contributed by atoms with E-state index in [4.69, 9.17) is 5.84 Å². The first-order valence-electron chi connectivity index (χ1n) is 3.34. The number of hydrazine groups is 1. The molecule has 0 aromatic carbocycles. The number of rotatable bonds is 1. The van der Waals surface area contributed by atoms with E-state index in [2.05, 4.69) is 20.4 Å². The molecule has 0 unspecified atom stereocenters. The van der Waals surface area contributed by atoms with E-state index in [1.54, 1.807) is 0 Å². The van der Waals surface area contributed by atoms with E-state index < -0.39 is 0 Å². The number of nitrogens with zero attached hydrogens (tertiary/aromatic N) is 1. The first-order chi connectivity index (χ1) is 5.81. The Morgan fingerprint density at radius 3 is 3.17 bits per heavy atom. The molecule has 0 bridgehead atoms. The van der Waals surface area contributed by atoms with Gasteiger partial charge in [0, 0.05) is 6.07 Å². The van der Waals surface area contributed by atoms with E-state index in [9.17, 15) is 4.79 Å². The lowest BCUT2D eigenvalue weighted by molar-refractivity contribution is 1.24. The Morgan fingerprint density at radius 2 is 2.42 bits per heavy atom. The Hall–Kier alpha value is -1.82. The minimum Gasteiger partial charge on any atom is -0.342 e. The van der Waals surface area contributed by atoms with Crippen molar-refractivity contribution in [3.05, 3.63) is 22.7 Å². The molecule has 0 atom stereocenters. The summed E-state index contributed by atoms with van der Waals surface area (Å²) in [6.45, 7) is 0. The molecule has 62 valence electrons. The predicted octanol–water partition coefficient (Wildman–Crippen LogP) is -0.463. The quantitative estimate of drug-likeness (QED) is 0.339. The van der Waals surface area contributed by atoms with Gasteiger partial charge in [0.05, 0.1) is 12.0 Å². The van der Waals surface area contributed by atoms with E-state index in [-0.39, 0.29) is 5.56 Å². The molecule has 0 spiro atoms. The molecular weight excluding hydrogens is 158 g/mol. The van der Waals surface area contributed by atoms with Gasteiger partial charge in [-0.05, 0) is 0 Å². The van der Waals surface area contributed by atoms with Gasteiger partial charge >= 0.3 is 0 Å². The summed E-state index contributed by atoms with van der Waals surface area (Å²) in [5, 5.41) is 0. The van der Waals surface area contributed by atoms with Crippen molar-refractivity contribution in [1.29, 1.82) is 0 Å². The summed E-state index contributed by atoms with van der Waals surface area (Å²) in [5.74, 6) is 5.19. The Balaban J connectivity index is 2.89. The van der Waals surface area contributed by atoms with Gasteiger partial charge in [0.1, 0.15) is 5.52 Å². The van der Waals surface area contributed by atoms with Crippen molar-refractivity contribution in [3.63, 3.8) is 0 Å². The Labute approximate surface area is 66.8 Å². The summed E-state index contributed by atoms with van der Waals surface area (Å²) < 4.78 is 0. The molecule has 0 amide bonds. The minimum atomic E-state index is -0.234. The third kappa shape index (κ3) is 0.857. The number of H-pyrrole nitrogens is 2. The highest BCUT2D eigenvalue weighted by Crippen LogP contribution is 2.13. The van der Waals surface area contributed by atoms with Gasteiger partial charge in [0.25, 0.3) is 5.56 Å². The van der Waals surface area contributed by atoms with Crippen molar-refractivity contribution in [2.24, 2.45) is 5.84 Å². The first-order valence-corrected chi connectivity index (χ1v) is 3.34. The maximum atomic E-state index is 11.0. The molecule has 6 nitrogen and oxygen atoms in total. The van der Waals surface area contributed by atoms with Crippen LogP contribution < -0.4 is 16.8 Å². The van der Waals surface area contributed by atoms with Gasteiger partial charge < -0.3 is 15.4 Å². The molecule has 2 aromatic rings. The monoisotopic (exact) mass is 165 g/mol. The number of aromatic amines is 2. The maximum Gasteiger partial charge on any atom is 0.251 e. The molecule has 0 radical (unpaired) electrons. The molecule has 5 N–H and O–H groups in total. The molecule has 0 aliphatic heterocycles. The van der Waals surface area contributed by atoms with E-state index in [0.29, 0.717) is 16.9 Å². The summed E-state index contributed by atoms with van der Waals surface area (Å²) in [6.07, 6.45) is 1.49. The number of pyridine rings is 1. The molecule has 0 saturated carbocycles. The van der Waals surface area contributed by atoms with Crippen molar-refractivity contribution in [2.45, 2.75) is 0 Å². The third-order valence-corrected chi connectivity index (χ3v) is 1.58. The van der Waals surface area contributed by atoms with E-state index in [1.807, 2.05) is 0 Å². The summed E-state index contributed by atoms with van der Waals surface area (Å²) >= 11 is 0. The van der Waals surface area contributed by atoms with Crippen LogP contribution in [0, 0.1) is 0 Å². The largest absolute Gasteiger partial charge is 0.342 e. The second-order valence-electron chi connectivity index (χ2n) is 2.32. The van der Waals surface area contributed by atoms with Gasteiger partial charge in [-0.15, -0.1) is 0 Å². The van der Waals surface area contributed by atoms with Gasteiger partial charge in [-0.25, -0.2) is 4.98 Å². The SMILES string of the molecule is NNc1cc(=O)[nH]c2nc[nH]c12. The lowest BCUT2D eigenvalue weighted by Gasteiger charge is -1.98. The van der Waals surface area contributed by atoms with Crippen LogP contribution in [-0.4, -0.2) is 15.0 Å². The molecular formula is C6H7N5O. The Kier molecular flexibility index (Phi) is 1.34. The number of hydrogen-bond acceptors (Lipinski definition) is 4. The fourth-order valence-corrected chi connectivity index (χ4v) is 1.06. The van der Waals surface area contributed by atoms with Crippen LogP contribution in [0.1, 0.15) is 0 Å². The van der Waals surface area contributed by atoms with Gasteiger partial charge in [-0.3, -0.25) is 10.6 Å². The number of imidazole rings is 1. The third-order valence-electron chi connectivity index (χ3n) is 1.58. The number of fused-ring (bicyclic) bond motifs is 1. The van der Waals surface area contributed by atoms with Crippen LogP contribution >= 0.6 is 0 Å². The van der Waals surface area contributed by atoms with Crippen molar-refractivity contribution < 1.29 is 0 Å². The fourth-order valence-electron chi connectivity index (χ4n) is 1.06. The predicted molar refractivity (Wildman–Crippen MR) is 44.5 cm³/mol. The second-order valence-corrected chi connectivity index (χ2v) is 2.32. The minimum absolute atomic E-state index is 0.234. The zero-order valence-corrected chi connectivity index (χ0v) is 6.09. The van der Waals surface area contributed by atoms with Gasteiger partial charge in [0.15, 0.2) is 5.65 Å². The van der Waals surface area contributed by atoms with Gasteiger partial charge in [0.2, 0.25) is 0 Å². The van der Waals surface area contributed by atoms with E-state index in [0.717, 1.165) is 0 Å². The molecule has 0 aliphatic carbocycles. The van der Waals surface area contributed by atoms with Crippen LogP contribution in [0.15, 0.2) is 17.2 Å². The molecule has 2 heterocycles. The second kappa shape index (κ2) is 2.35. The molecule has 12 heavy (non-hydrogen) atoms. The zero-order valence-electron chi connectivity index (χ0n) is 6.09. The van der Waals surface area contributed by atoms with Gasteiger partial charge in [-0.2, -0.15) is 0 Å². The first kappa shape index (κ1) is 6.86. The van der Waals surface area contributed by atoms with E-state index >= 15 is 0 Å². The number of hydrogen-bond donors (Lipinski definition) is 4. The lowest BCUT2D eigenvalue weighted by atomic mass is 10.4.